The Kier molecular flexibility index (Phi) is 2.74. The third kappa shape index (κ3) is 1.84. The first-order valence-electron chi connectivity index (χ1n) is 4.65. The lowest BCUT2D eigenvalue weighted by atomic mass is 10.0. The van der Waals surface area contributed by atoms with Crippen LogP contribution in [0.1, 0.15) is 18.4 Å². The topological polar surface area (TPSA) is 26.0 Å². The maximum absolute atomic E-state index is 13.4. The Balaban J connectivity index is 2.51. The SMILES string of the molecule is NC1(Cc2c(F)c(F)c(Br)c(F)c2F)CC1. The second-order valence-electron chi connectivity index (χ2n) is 4.09. The molecule has 16 heavy (non-hydrogen) atoms. The molecule has 1 aliphatic carbocycles. The molecular formula is C10H8BrF4N. The summed E-state index contributed by atoms with van der Waals surface area (Å²) >= 11 is 2.45. The summed E-state index contributed by atoms with van der Waals surface area (Å²) in [7, 11) is 0. The maximum Gasteiger partial charge on any atom is 0.176 e. The van der Waals surface area contributed by atoms with Crippen molar-refractivity contribution in [2.24, 2.45) is 5.73 Å². The van der Waals surface area contributed by atoms with E-state index in [4.69, 9.17) is 5.73 Å². The van der Waals surface area contributed by atoms with Crippen LogP contribution >= 0.6 is 15.9 Å². The summed E-state index contributed by atoms with van der Waals surface area (Å²) in [6.07, 6.45) is 1.02. The van der Waals surface area contributed by atoms with Crippen LogP contribution in [-0.4, -0.2) is 5.54 Å². The quantitative estimate of drug-likeness (QED) is 0.507. The Hall–Kier alpha value is -0.620. The van der Waals surface area contributed by atoms with E-state index in [-0.39, 0.29) is 6.42 Å². The summed E-state index contributed by atoms with van der Waals surface area (Å²) in [5, 5.41) is 0. The van der Waals surface area contributed by atoms with E-state index < -0.39 is 38.8 Å². The summed E-state index contributed by atoms with van der Waals surface area (Å²) in [5.41, 5.74) is 4.34. The molecule has 0 amide bonds. The molecule has 0 spiro atoms. The Labute approximate surface area is 97.8 Å². The molecule has 0 atom stereocenters. The first kappa shape index (κ1) is 11.9. The summed E-state index contributed by atoms with van der Waals surface area (Å²) in [6, 6.07) is 0. The molecule has 0 heterocycles. The van der Waals surface area contributed by atoms with Crippen LogP contribution in [0.15, 0.2) is 4.47 Å². The molecule has 1 aliphatic rings. The number of rotatable bonds is 2. The van der Waals surface area contributed by atoms with Crippen LogP contribution < -0.4 is 5.73 Å². The van der Waals surface area contributed by atoms with Gasteiger partial charge in [-0.25, -0.2) is 17.6 Å². The molecule has 1 aromatic carbocycles. The molecule has 0 unspecified atom stereocenters. The zero-order chi connectivity index (χ0) is 12.1. The number of hydrogen-bond donors (Lipinski definition) is 1. The molecule has 0 radical (unpaired) electrons. The van der Waals surface area contributed by atoms with Gasteiger partial charge in [0.15, 0.2) is 23.3 Å². The van der Waals surface area contributed by atoms with Crippen molar-refractivity contribution in [1.82, 2.24) is 0 Å². The van der Waals surface area contributed by atoms with Gasteiger partial charge in [0.2, 0.25) is 0 Å². The number of benzene rings is 1. The highest BCUT2D eigenvalue weighted by atomic mass is 79.9. The predicted molar refractivity (Wildman–Crippen MR) is 53.8 cm³/mol. The predicted octanol–water partition coefficient (Wildman–Crippen LogP) is 3.04. The van der Waals surface area contributed by atoms with E-state index in [9.17, 15) is 17.6 Å². The summed E-state index contributed by atoms with van der Waals surface area (Å²) < 4.78 is 52.3. The minimum absolute atomic E-state index is 0.189. The van der Waals surface area contributed by atoms with Gasteiger partial charge in [-0.1, -0.05) is 0 Å². The average molecular weight is 298 g/mol. The molecular weight excluding hydrogens is 290 g/mol. The molecule has 1 nitrogen and oxygen atoms in total. The lowest BCUT2D eigenvalue weighted by Gasteiger charge is -2.12. The summed E-state index contributed by atoms with van der Waals surface area (Å²) in [6.45, 7) is 0. The molecule has 0 aromatic heterocycles. The second-order valence-corrected chi connectivity index (χ2v) is 4.88. The van der Waals surface area contributed by atoms with E-state index in [0.29, 0.717) is 12.8 Å². The summed E-state index contributed by atoms with van der Waals surface area (Å²) in [5.74, 6) is -5.58. The minimum atomic E-state index is -1.42. The van der Waals surface area contributed by atoms with Crippen LogP contribution in [0.3, 0.4) is 0 Å². The normalized spacial score (nSPS) is 17.6. The Morgan fingerprint density at radius 1 is 1.00 bits per heavy atom. The van der Waals surface area contributed by atoms with Gasteiger partial charge in [0.25, 0.3) is 0 Å². The van der Waals surface area contributed by atoms with E-state index in [1.165, 1.54) is 0 Å². The second kappa shape index (κ2) is 3.70. The average Bonchev–Trinajstić information content (AvgIpc) is 2.98. The third-order valence-corrected chi connectivity index (χ3v) is 3.42. The van der Waals surface area contributed by atoms with Crippen molar-refractivity contribution in [1.29, 1.82) is 0 Å². The van der Waals surface area contributed by atoms with Gasteiger partial charge in [-0.05, 0) is 35.2 Å². The number of hydrogen-bond acceptors (Lipinski definition) is 1. The van der Waals surface area contributed by atoms with Gasteiger partial charge >= 0.3 is 0 Å². The van der Waals surface area contributed by atoms with Crippen LogP contribution in [0.25, 0.3) is 0 Å². The van der Waals surface area contributed by atoms with Gasteiger partial charge in [0.05, 0.1) is 4.47 Å². The molecule has 1 saturated carbocycles. The van der Waals surface area contributed by atoms with Crippen molar-refractivity contribution in [2.45, 2.75) is 24.8 Å². The van der Waals surface area contributed by atoms with E-state index in [1.807, 2.05) is 0 Å². The molecule has 1 aromatic rings. The van der Waals surface area contributed by atoms with Crippen molar-refractivity contribution < 1.29 is 17.6 Å². The number of halogens is 5. The Morgan fingerprint density at radius 2 is 1.44 bits per heavy atom. The zero-order valence-electron chi connectivity index (χ0n) is 8.09. The van der Waals surface area contributed by atoms with Crippen LogP contribution in [0.5, 0.6) is 0 Å². The largest absolute Gasteiger partial charge is 0.325 e. The molecule has 2 N–H and O–H groups in total. The monoisotopic (exact) mass is 297 g/mol. The standard InChI is InChI=1S/C10H8BrF4N/c11-5-8(14)6(12)4(7(13)9(5)15)3-10(16)1-2-10/h1-3,16H2. The van der Waals surface area contributed by atoms with E-state index in [2.05, 4.69) is 15.9 Å². The molecule has 0 bridgehead atoms. The Morgan fingerprint density at radius 3 is 1.81 bits per heavy atom. The maximum atomic E-state index is 13.4. The lowest BCUT2D eigenvalue weighted by molar-refractivity contribution is 0.425. The van der Waals surface area contributed by atoms with Gasteiger partial charge in [0, 0.05) is 11.1 Å². The molecule has 0 saturated heterocycles. The fourth-order valence-electron chi connectivity index (χ4n) is 1.49. The van der Waals surface area contributed by atoms with Crippen molar-refractivity contribution in [3.8, 4) is 0 Å². The molecule has 1 fully saturated rings. The lowest BCUT2D eigenvalue weighted by Crippen LogP contribution is -2.26. The fraction of sp³-hybridized carbons (Fsp3) is 0.400. The van der Waals surface area contributed by atoms with Crippen molar-refractivity contribution in [3.05, 3.63) is 33.3 Å². The van der Waals surface area contributed by atoms with Crippen molar-refractivity contribution >= 4 is 15.9 Å². The molecule has 6 heteroatoms. The van der Waals surface area contributed by atoms with Crippen LogP contribution in [-0.2, 0) is 6.42 Å². The fourth-order valence-corrected chi connectivity index (χ4v) is 1.84. The van der Waals surface area contributed by atoms with Crippen LogP contribution in [0.4, 0.5) is 17.6 Å². The molecule has 88 valence electrons. The smallest absolute Gasteiger partial charge is 0.176 e. The highest BCUT2D eigenvalue weighted by molar-refractivity contribution is 9.10. The van der Waals surface area contributed by atoms with Gasteiger partial charge < -0.3 is 5.73 Å². The number of nitrogens with two attached hydrogens (primary N) is 1. The molecule has 0 aliphatic heterocycles. The first-order valence-corrected chi connectivity index (χ1v) is 5.44. The van der Waals surface area contributed by atoms with E-state index >= 15 is 0 Å². The van der Waals surface area contributed by atoms with Crippen molar-refractivity contribution in [3.63, 3.8) is 0 Å². The van der Waals surface area contributed by atoms with Gasteiger partial charge in [-0.3, -0.25) is 0 Å². The van der Waals surface area contributed by atoms with Gasteiger partial charge in [-0.2, -0.15) is 0 Å². The van der Waals surface area contributed by atoms with Crippen LogP contribution in [0, 0.1) is 23.3 Å². The first-order chi connectivity index (χ1) is 7.36. The zero-order valence-corrected chi connectivity index (χ0v) is 9.67. The minimum Gasteiger partial charge on any atom is -0.325 e. The van der Waals surface area contributed by atoms with Gasteiger partial charge in [-0.15, -0.1) is 0 Å². The van der Waals surface area contributed by atoms with E-state index in [0.717, 1.165) is 0 Å². The van der Waals surface area contributed by atoms with Crippen molar-refractivity contribution in [2.75, 3.05) is 0 Å². The highest BCUT2D eigenvalue weighted by Crippen LogP contribution is 2.38. The van der Waals surface area contributed by atoms with Crippen LogP contribution in [0.2, 0.25) is 0 Å². The van der Waals surface area contributed by atoms with E-state index in [1.54, 1.807) is 0 Å². The molecule has 2 rings (SSSR count). The summed E-state index contributed by atoms with van der Waals surface area (Å²) in [4.78, 5) is 0. The third-order valence-electron chi connectivity index (χ3n) is 2.72. The Bertz CT molecular complexity index is 428. The highest BCUT2D eigenvalue weighted by Gasteiger charge is 2.40. The van der Waals surface area contributed by atoms with Gasteiger partial charge in [0.1, 0.15) is 0 Å².